The van der Waals surface area contributed by atoms with Crippen LogP contribution in [0.2, 0.25) is 0 Å². The number of carbonyl (C=O) groups is 1. The minimum atomic E-state index is -0.195. The highest BCUT2D eigenvalue weighted by molar-refractivity contribution is 5.92. The Morgan fingerprint density at radius 2 is 2.37 bits per heavy atom. The molecule has 1 aliphatic carbocycles. The summed E-state index contributed by atoms with van der Waals surface area (Å²) in [7, 11) is 1.72. The number of aromatic nitrogens is 2. The molecule has 1 aliphatic rings. The van der Waals surface area contributed by atoms with Crippen LogP contribution >= 0.6 is 0 Å². The fourth-order valence-electron chi connectivity index (χ4n) is 1.57. The molecule has 1 heterocycles. The molecule has 0 aromatic carbocycles. The van der Waals surface area contributed by atoms with Crippen LogP contribution in [0.5, 0.6) is 0 Å². The summed E-state index contributed by atoms with van der Waals surface area (Å²) < 4.78 is 5.50. The van der Waals surface area contributed by atoms with Gasteiger partial charge in [0.2, 0.25) is 0 Å². The first-order chi connectivity index (χ1) is 9.20. The van der Waals surface area contributed by atoms with Gasteiger partial charge in [-0.1, -0.05) is 0 Å². The highest BCUT2D eigenvalue weighted by Gasteiger charge is 2.21. The van der Waals surface area contributed by atoms with Crippen molar-refractivity contribution in [2.75, 3.05) is 32.2 Å². The first-order valence-electron chi connectivity index (χ1n) is 6.32. The largest absolute Gasteiger partial charge is 0.379 e. The van der Waals surface area contributed by atoms with Crippen molar-refractivity contribution in [1.82, 2.24) is 14.9 Å². The molecule has 0 bridgehead atoms. The van der Waals surface area contributed by atoms with Crippen molar-refractivity contribution < 1.29 is 9.53 Å². The molecule has 0 aliphatic heterocycles. The first kappa shape index (κ1) is 13.7. The van der Waals surface area contributed by atoms with Crippen molar-refractivity contribution in [3.63, 3.8) is 0 Å². The van der Waals surface area contributed by atoms with E-state index in [4.69, 9.17) is 10.6 Å². The molecule has 0 spiro atoms. The van der Waals surface area contributed by atoms with Crippen LogP contribution in [0, 0.1) is 5.92 Å². The first-order valence-corrected chi connectivity index (χ1v) is 6.32. The molecule has 104 valence electrons. The lowest BCUT2D eigenvalue weighted by Gasteiger charge is -2.16. The highest BCUT2D eigenvalue weighted by atomic mass is 16.5. The molecule has 7 heteroatoms. The van der Waals surface area contributed by atoms with E-state index < -0.39 is 0 Å². The van der Waals surface area contributed by atoms with Crippen molar-refractivity contribution >= 4 is 11.7 Å². The number of hydrogen-bond donors (Lipinski definition) is 2. The Hall–Kier alpha value is -1.73. The third-order valence-corrected chi connectivity index (χ3v) is 2.97. The van der Waals surface area contributed by atoms with E-state index in [2.05, 4.69) is 15.4 Å². The number of ether oxygens (including phenoxy) is 1. The Bertz CT molecular complexity index is 436. The van der Waals surface area contributed by atoms with Crippen molar-refractivity contribution in [3.05, 3.63) is 18.1 Å². The lowest BCUT2D eigenvalue weighted by molar-refractivity contribution is 0.0676. The number of hydrazine groups is 1. The number of nitrogens with one attached hydrogen (secondary N) is 1. The number of likely N-dealkylation sites (N-methyl/N-ethyl adjacent to an activating group) is 1. The summed E-state index contributed by atoms with van der Waals surface area (Å²) in [5.74, 6) is 6.14. The van der Waals surface area contributed by atoms with Gasteiger partial charge in [0.25, 0.3) is 5.91 Å². The molecule has 1 saturated carbocycles. The monoisotopic (exact) mass is 265 g/mol. The second-order valence-corrected chi connectivity index (χ2v) is 4.68. The van der Waals surface area contributed by atoms with E-state index in [1.165, 1.54) is 25.2 Å². The van der Waals surface area contributed by atoms with Crippen LogP contribution in [0.3, 0.4) is 0 Å². The number of nitrogens with two attached hydrogens (primary N) is 1. The molecule has 7 nitrogen and oxygen atoms in total. The Labute approximate surface area is 112 Å². The summed E-state index contributed by atoms with van der Waals surface area (Å²) in [5.41, 5.74) is 2.63. The number of amides is 1. The zero-order chi connectivity index (χ0) is 13.7. The highest BCUT2D eigenvalue weighted by Crippen LogP contribution is 2.28. The summed E-state index contributed by atoms with van der Waals surface area (Å²) in [6, 6.07) is 0. The van der Waals surface area contributed by atoms with Gasteiger partial charge in [-0.05, 0) is 18.8 Å². The minimum Gasteiger partial charge on any atom is -0.379 e. The molecule has 3 N–H and O–H groups in total. The van der Waals surface area contributed by atoms with Crippen LogP contribution in [0.25, 0.3) is 0 Å². The van der Waals surface area contributed by atoms with Crippen molar-refractivity contribution in [2.45, 2.75) is 12.8 Å². The molecule has 0 radical (unpaired) electrons. The van der Waals surface area contributed by atoms with Gasteiger partial charge in [-0.2, -0.15) is 0 Å². The normalized spacial score (nSPS) is 14.2. The lowest BCUT2D eigenvalue weighted by atomic mass is 10.4. The van der Waals surface area contributed by atoms with Gasteiger partial charge >= 0.3 is 0 Å². The van der Waals surface area contributed by atoms with E-state index in [-0.39, 0.29) is 11.6 Å². The standard InChI is InChI=1S/C12H19N5O2/c1-17(4-5-19-8-9-2-3-9)12(18)10-6-14-7-11(15-10)16-13/h6-7,9H,2-5,8,13H2,1H3,(H,15,16). The van der Waals surface area contributed by atoms with Gasteiger partial charge in [-0.3, -0.25) is 9.78 Å². The average Bonchev–Trinajstić information content (AvgIpc) is 3.26. The SMILES string of the molecule is CN(CCOCC1CC1)C(=O)c1cncc(NN)n1. The zero-order valence-electron chi connectivity index (χ0n) is 11.0. The van der Waals surface area contributed by atoms with E-state index in [0.717, 1.165) is 12.5 Å². The maximum absolute atomic E-state index is 12.1. The maximum atomic E-state index is 12.1. The Kier molecular flexibility index (Phi) is 4.64. The second kappa shape index (κ2) is 6.44. The third-order valence-electron chi connectivity index (χ3n) is 2.97. The minimum absolute atomic E-state index is 0.195. The van der Waals surface area contributed by atoms with E-state index >= 15 is 0 Å². The van der Waals surface area contributed by atoms with Gasteiger partial charge < -0.3 is 15.1 Å². The summed E-state index contributed by atoms with van der Waals surface area (Å²) in [5, 5.41) is 0. The Morgan fingerprint density at radius 1 is 1.58 bits per heavy atom. The van der Waals surface area contributed by atoms with Crippen LogP contribution in [-0.2, 0) is 4.74 Å². The summed E-state index contributed by atoms with van der Waals surface area (Å²) in [6.07, 6.45) is 5.41. The Balaban J connectivity index is 1.79. The van der Waals surface area contributed by atoms with Crippen LogP contribution in [-0.4, -0.2) is 47.6 Å². The van der Waals surface area contributed by atoms with Crippen LogP contribution in [0.15, 0.2) is 12.4 Å². The van der Waals surface area contributed by atoms with Crippen LogP contribution in [0.4, 0.5) is 5.82 Å². The van der Waals surface area contributed by atoms with Crippen molar-refractivity contribution in [3.8, 4) is 0 Å². The molecular formula is C12H19N5O2. The van der Waals surface area contributed by atoms with Gasteiger partial charge in [0, 0.05) is 20.2 Å². The average molecular weight is 265 g/mol. The molecule has 1 aromatic heterocycles. The number of anilines is 1. The quantitative estimate of drug-likeness (QED) is 0.417. The molecule has 0 atom stereocenters. The predicted molar refractivity (Wildman–Crippen MR) is 70.3 cm³/mol. The van der Waals surface area contributed by atoms with E-state index in [1.807, 2.05) is 0 Å². The molecule has 1 fully saturated rings. The number of carbonyl (C=O) groups excluding carboxylic acids is 1. The van der Waals surface area contributed by atoms with Gasteiger partial charge in [-0.25, -0.2) is 10.8 Å². The molecule has 0 saturated heterocycles. The van der Waals surface area contributed by atoms with Gasteiger partial charge in [0.1, 0.15) is 5.69 Å². The van der Waals surface area contributed by atoms with Gasteiger partial charge in [0.05, 0.1) is 19.0 Å². The fourth-order valence-corrected chi connectivity index (χ4v) is 1.57. The van der Waals surface area contributed by atoms with Crippen molar-refractivity contribution in [1.29, 1.82) is 0 Å². The summed E-state index contributed by atoms with van der Waals surface area (Å²) in [6.45, 7) is 1.88. The van der Waals surface area contributed by atoms with Crippen LogP contribution in [0.1, 0.15) is 23.3 Å². The second-order valence-electron chi connectivity index (χ2n) is 4.68. The molecule has 1 amide bonds. The zero-order valence-corrected chi connectivity index (χ0v) is 11.0. The molecule has 2 rings (SSSR count). The molecular weight excluding hydrogens is 246 g/mol. The number of nitrogen functional groups attached to an aromatic ring is 1. The summed E-state index contributed by atoms with van der Waals surface area (Å²) >= 11 is 0. The smallest absolute Gasteiger partial charge is 0.273 e. The topological polar surface area (TPSA) is 93.4 Å². The van der Waals surface area contributed by atoms with E-state index in [0.29, 0.717) is 19.0 Å². The molecule has 0 unspecified atom stereocenters. The molecule has 1 aromatic rings. The van der Waals surface area contributed by atoms with Crippen molar-refractivity contribution in [2.24, 2.45) is 11.8 Å². The number of rotatable bonds is 7. The fraction of sp³-hybridized carbons (Fsp3) is 0.583. The Morgan fingerprint density at radius 3 is 3.05 bits per heavy atom. The predicted octanol–water partition coefficient (Wildman–Crippen LogP) is 0.261. The number of nitrogens with zero attached hydrogens (tertiary/aromatic N) is 3. The summed E-state index contributed by atoms with van der Waals surface area (Å²) in [4.78, 5) is 21.6. The third kappa shape index (κ3) is 4.15. The number of hydrogen-bond acceptors (Lipinski definition) is 6. The lowest BCUT2D eigenvalue weighted by Crippen LogP contribution is -2.31. The van der Waals surface area contributed by atoms with Crippen LogP contribution < -0.4 is 11.3 Å². The van der Waals surface area contributed by atoms with E-state index in [1.54, 1.807) is 11.9 Å². The van der Waals surface area contributed by atoms with E-state index in [9.17, 15) is 4.79 Å². The van der Waals surface area contributed by atoms with Gasteiger partial charge in [0.15, 0.2) is 5.82 Å². The maximum Gasteiger partial charge on any atom is 0.273 e. The van der Waals surface area contributed by atoms with Gasteiger partial charge in [-0.15, -0.1) is 0 Å². The molecule has 19 heavy (non-hydrogen) atoms.